The highest BCUT2D eigenvalue weighted by molar-refractivity contribution is 6.31. The fraction of sp³-hybridized carbons (Fsp3) is 0.375. The van der Waals surface area contributed by atoms with Crippen molar-refractivity contribution in [3.63, 3.8) is 0 Å². The van der Waals surface area contributed by atoms with Crippen LogP contribution in [0.2, 0.25) is 5.02 Å². The van der Waals surface area contributed by atoms with Crippen molar-refractivity contribution in [2.24, 2.45) is 5.92 Å². The van der Waals surface area contributed by atoms with Crippen LogP contribution in [0.5, 0.6) is 0 Å². The van der Waals surface area contributed by atoms with Gasteiger partial charge in [0.25, 0.3) is 0 Å². The highest BCUT2D eigenvalue weighted by Gasteiger charge is 2.08. The average Bonchev–Trinajstić information content (AvgIpc) is 2.43. The van der Waals surface area contributed by atoms with E-state index >= 15 is 0 Å². The minimum Gasteiger partial charge on any atom is -0.309 e. The number of benzene rings is 1. The quantitative estimate of drug-likeness (QED) is 0.815. The molecule has 21 heavy (non-hydrogen) atoms. The molecule has 0 radical (unpaired) electrons. The highest BCUT2D eigenvalue weighted by atomic mass is 35.5. The molecule has 1 aromatic carbocycles. The molecular weight excluding hydrogens is 288 g/mol. The first-order valence-electron chi connectivity index (χ1n) is 6.98. The molecule has 4 nitrogen and oxygen atoms in total. The van der Waals surface area contributed by atoms with E-state index < -0.39 is 11.1 Å². The Kier molecular flexibility index (Phi) is 4.68. The monoisotopic (exact) mass is 306 g/mol. The van der Waals surface area contributed by atoms with E-state index in [4.69, 9.17) is 11.6 Å². The summed E-state index contributed by atoms with van der Waals surface area (Å²) in [5.41, 5.74) is 0.480. The van der Waals surface area contributed by atoms with Crippen LogP contribution in [-0.2, 0) is 6.54 Å². The van der Waals surface area contributed by atoms with Crippen LogP contribution in [0, 0.1) is 12.8 Å². The van der Waals surface area contributed by atoms with Crippen molar-refractivity contribution in [1.29, 1.82) is 0 Å². The molecule has 112 valence electrons. The Morgan fingerprint density at radius 2 is 1.86 bits per heavy atom. The van der Waals surface area contributed by atoms with Gasteiger partial charge in [-0.3, -0.25) is 14.2 Å². The number of halogens is 1. The predicted octanol–water partition coefficient (Wildman–Crippen LogP) is 3.01. The van der Waals surface area contributed by atoms with Crippen molar-refractivity contribution in [2.45, 2.75) is 33.7 Å². The predicted molar refractivity (Wildman–Crippen MR) is 85.5 cm³/mol. The minimum absolute atomic E-state index is 0.484. The molecule has 2 aromatic rings. The van der Waals surface area contributed by atoms with E-state index in [1.165, 1.54) is 9.13 Å². The van der Waals surface area contributed by atoms with Crippen LogP contribution < -0.4 is 11.1 Å². The number of aromatic nitrogens is 2. The summed E-state index contributed by atoms with van der Waals surface area (Å²) < 4.78 is 2.83. The van der Waals surface area contributed by atoms with Crippen molar-refractivity contribution in [2.75, 3.05) is 0 Å². The van der Waals surface area contributed by atoms with Gasteiger partial charge in [-0.05, 0) is 43.0 Å². The summed E-state index contributed by atoms with van der Waals surface area (Å²) in [6.07, 6.45) is 4.16. The number of hydrogen-bond acceptors (Lipinski definition) is 2. The molecule has 0 saturated carbocycles. The molecule has 0 aliphatic carbocycles. The molecule has 0 spiro atoms. The zero-order valence-electron chi connectivity index (χ0n) is 12.5. The van der Waals surface area contributed by atoms with Crippen LogP contribution in [0.15, 0.2) is 40.2 Å². The smallest absolute Gasteiger partial charge is 0.309 e. The molecule has 1 aromatic heterocycles. The lowest BCUT2D eigenvalue weighted by atomic mass is 10.1. The Balaban J connectivity index is 2.43. The van der Waals surface area contributed by atoms with Crippen LogP contribution >= 0.6 is 11.6 Å². The highest BCUT2D eigenvalue weighted by Crippen LogP contribution is 2.17. The molecule has 0 atom stereocenters. The van der Waals surface area contributed by atoms with Gasteiger partial charge in [0.1, 0.15) is 0 Å². The van der Waals surface area contributed by atoms with Crippen LogP contribution in [0.4, 0.5) is 0 Å². The molecule has 0 aliphatic heterocycles. The average molecular weight is 307 g/mol. The van der Waals surface area contributed by atoms with Crippen LogP contribution in [0.25, 0.3) is 5.69 Å². The maximum absolute atomic E-state index is 12.2. The first-order valence-corrected chi connectivity index (χ1v) is 7.36. The fourth-order valence-electron chi connectivity index (χ4n) is 2.06. The van der Waals surface area contributed by atoms with Crippen LogP contribution in [0.3, 0.4) is 0 Å². The zero-order valence-corrected chi connectivity index (χ0v) is 13.2. The first kappa shape index (κ1) is 15.6. The second-order valence-electron chi connectivity index (χ2n) is 5.59. The molecule has 0 amide bonds. The Morgan fingerprint density at radius 1 is 1.14 bits per heavy atom. The van der Waals surface area contributed by atoms with Crippen molar-refractivity contribution in [3.8, 4) is 5.69 Å². The maximum Gasteiger partial charge on any atom is 0.320 e. The van der Waals surface area contributed by atoms with E-state index in [1.54, 1.807) is 30.6 Å². The van der Waals surface area contributed by atoms with Gasteiger partial charge >= 0.3 is 11.1 Å². The van der Waals surface area contributed by atoms with Gasteiger partial charge in [-0.2, -0.15) is 0 Å². The topological polar surface area (TPSA) is 44.0 Å². The summed E-state index contributed by atoms with van der Waals surface area (Å²) in [6, 6.07) is 5.25. The number of aryl methyl sites for hydroxylation is 2. The molecule has 0 N–H and O–H groups in total. The number of hydrogen-bond donors (Lipinski definition) is 0. The molecule has 0 saturated heterocycles. The van der Waals surface area contributed by atoms with Crippen molar-refractivity contribution >= 4 is 11.6 Å². The van der Waals surface area contributed by atoms with E-state index in [1.807, 2.05) is 6.92 Å². The first-order chi connectivity index (χ1) is 9.90. The molecule has 0 aliphatic rings. The van der Waals surface area contributed by atoms with Gasteiger partial charge in [-0.15, -0.1) is 0 Å². The maximum atomic E-state index is 12.2. The molecule has 0 bridgehead atoms. The van der Waals surface area contributed by atoms with Gasteiger partial charge in [0.15, 0.2) is 0 Å². The Hall–Kier alpha value is -1.81. The Morgan fingerprint density at radius 3 is 2.48 bits per heavy atom. The summed E-state index contributed by atoms with van der Waals surface area (Å²) in [7, 11) is 0. The Labute approximate surface area is 128 Å². The van der Waals surface area contributed by atoms with Crippen LogP contribution in [0.1, 0.15) is 25.8 Å². The van der Waals surface area contributed by atoms with Gasteiger partial charge < -0.3 is 4.57 Å². The van der Waals surface area contributed by atoms with Gasteiger partial charge in [-0.25, -0.2) is 0 Å². The third-order valence-electron chi connectivity index (χ3n) is 3.43. The minimum atomic E-state index is -0.539. The van der Waals surface area contributed by atoms with E-state index in [-0.39, 0.29) is 0 Å². The van der Waals surface area contributed by atoms with E-state index in [0.717, 1.165) is 12.0 Å². The molecule has 5 heteroatoms. The van der Waals surface area contributed by atoms with Crippen LogP contribution in [-0.4, -0.2) is 9.13 Å². The summed E-state index contributed by atoms with van der Waals surface area (Å²) in [4.78, 5) is 24.4. The summed E-state index contributed by atoms with van der Waals surface area (Å²) in [5.74, 6) is 0.484. The molecule has 0 unspecified atom stereocenters. The second-order valence-corrected chi connectivity index (χ2v) is 6.00. The SMILES string of the molecule is Cc1cc(-n2ccn(CCC(C)C)c(=O)c2=O)ccc1Cl. The third-order valence-corrected chi connectivity index (χ3v) is 3.85. The number of nitrogens with zero attached hydrogens (tertiary/aromatic N) is 2. The van der Waals surface area contributed by atoms with E-state index in [2.05, 4.69) is 13.8 Å². The number of rotatable bonds is 4. The van der Waals surface area contributed by atoms with Crippen molar-refractivity contribution in [1.82, 2.24) is 9.13 Å². The Bertz CT molecular complexity index is 760. The summed E-state index contributed by atoms with van der Waals surface area (Å²) in [5, 5.41) is 0.636. The third kappa shape index (κ3) is 3.45. The fourth-order valence-corrected chi connectivity index (χ4v) is 2.18. The lowest BCUT2D eigenvalue weighted by molar-refractivity contribution is 0.503. The molecular formula is C16H19ClN2O2. The zero-order chi connectivity index (χ0) is 15.6. The van der Waals surface area contributed by atoms with Gasteiger partial charge in [-0.1, -0.05) is 25.4 Å². The lowest BCUT2D eigenvalue weighted by Gasteiger charge is -2.11. The summed E-state index contributed by atoms with van der Waals surface area (Å²) in [6.45, 7) is 6.60. The van der Waals surface area contributed by atoms with E-state index in [9.17, 15) is 9.59 Å². The van der Waals surface area contributed by atoms with E-state index in [0.29, 0.717) is 23.2 Å². The van der Waals surface area contributed by atoms with Crippen molar-refractivity contribution < 1.29 is 0 Å². The normalized spacial score (nSPS) is 11.1. The standard InChI is InChI=1S/C16H19ClN2O2/c1-11(2)6-7-18-8-9-19(16(21)15(18)20)13-4-5-14(17)12(3)10-13/h4-5,8-11H,6-7H2,1-3H3. The van der Waals surface area contributed by atoms with Gasteiger partial charge in [0.2, 0.25) is 0 Å². The van der Waals surface area contributed by atoms with Gasteiger partial charge in [0.05, 0.1) is 0 Å². The molecule has 1 heterocycles. The summed E-state index contributed by atoms with van der Waals surface area (Å²) >= 11 is 5.98. The largest absolute Gasteiger partial charge is 0.320 e. The molecule has 0 fully saturated rings. The molecule has 2 rings (SSSR count). The second kappa shape index (κ2) is 6.31. The lowest BCUT2D eigenvalue weighted by Crippen LogP contribution is -2.40. The van der Waals surface area contributed by atoms with Crippen molar-refractivity contribution in [3.05, 3.63) is 61.9 Å². The van der Waals surface area contributed by atoms with Gasteiger partial charge in [0, 0.05) is 29.6 Å².